The summed E-state index contributed by atoms with van der Waals surface area (Å²) in [7, 11) is 0. The molecule has 0 radical (unpaired) electrons. The van der Waals surface area contributed by atoms with E-state index in [1.165, 1.54) is 0 Å². The van der Waals surface area contributed by atoms with Crippen molar-refractivity contribution in [3.05, 3.63) is 30.1 Å². The van der Waals surface area contributed by atoms with Gasteiger partial charge in [0.2, 0.25) is 0 Å². The van der Waals surface area contributed by atoms with Crippen LogP contribution < -0.4 is 0 Å². The summed E-state index contributed by atoms with van der Waals surface area (Å²) in [4.78, 5) is 3.62. The SMILES string of the molecule is N#Cc1c[c-]ncc1.[Zn]. The molecule has 1 rings (SSSR count). The molecular formula is C6H3N2Zn-. The quantitative estimate of drug-likeness (QED) is 0.423. The Labute approximate surface area is 66.3 Å². The Morgan fingerprint density at radius 2 is 2.44 bits per heavy atom. The van der Waals surface area contributed by atoms with Crippen molar-refractivity contribution >= 4 is 0 Å². The maximum atomic E-state index is 8.24. The molecule has 0 amide bonds. The van der Waals surface area contributed by atoms with Gasteiger partial charge in [-0.2, -0.15) is 0 Å². The predicted molar refractivity (Wildman–Crippen MR) is 27.8 cm³/mol. The van der Waals surface area contributed by atoms with Crippen molar-refractivity contribution < 1.29 is 19.5 Å². The average molecular weight is 168 g/mol. The Morgan fingerprint density at radius 3 is 2.78 bits per heavy atom. The van der Waals surface area contributed by atoms with Gasteiger partial charge in [-0.1, -0.05) is 18.0 Å². The number of nitrogens with zero attached hydrogens (tertiary/aromatic N) is 2. The van der Waals surface area contributed by atoms with Crippen LogP contribution in [0.15, 0.2) is 18.3 Å². The summed E-state index contributed by atoms with van der Waals surface area (Å²) in [5.41, 5.74) is 0.597. The van der Waals surface area contributed by atoms with Gasteiger partial charge >= 0.3 is 0 Å². The summed E-state index contributed by atoms with van der Waals surface area (Å²) in [6.07, 6.45) is 4.08. The fraction of sp³-hybridized carbons (Fsp3) is 0. The second-order valence-corrected chi connectivity index (χ2v) is 1.29. The zero-order valence-corrected chi connectivity index (χ0v) is 7.80. The first kappa shape index (κ1) is 8.26. The van der Waals surface area contributed by atoms with Crippen LogP contribution in [0, 0.1) is 17.5 Å². The van der Waals surface area contributed by atoms with Crippen molar-refractivity contribution in [2.75, 3.05) is 0 Å². The molecule has 0 aliphatic carbocycles. The molecule has 0 aromatic carbocycles. The zero-order chi connectivity index (χ0) is 5.82. The molecule has 0 atom stereocenters. The van der Waals surface area contributed by atoms with Gasteiger partial charge in [0.15, 0.2) is 0 Å². The molecule has 0 N–H and O–H groups in total. The Kier molecular flexibility index (Phi) is 3.83. The third kappa shape index (κ3) is 2.34. The number of nitriles is 1. The molecule has 0 aliphatic heterocycles. The van der Waals surface area contributed by atoms with E-state index in [1.54, 1.807) is 18.3 Å². The van der Waals surface area contributed by atoms with Crippen LogP contribution in [0.2, 0.25) is 0 Å². The number of rotatable bonds is 0. The van der Waals surface area contributed by atoms with E-state index in [0.717, 1.165) is 0 Å². The molecule has 1 aromatic rings. The third-order valence-corrected chi connectivity index (χ3v) is 0.752. The third-order valence-electron chi connectivity index (χ3n) is 0.752. The molecule has 1 heterocycles. The predicted octanol–water partition coefficient (Wildman–Crippen LogP) is 0.751. The van der Waals surface area contributed by atoms with E-state index >= 15 is 0 Å². The van der Waals surface area contributed by atoms with Crippen molar-refractivity contribution in [3.8, 4) is 6.07 Å². The van der Waals surface area contributed by atoms with Crippen molar-refractivity contribution in [2.45, 2.75) is 0 Å². The first-order valence-electron chi connectivity index (χ1n) is 2.15. The van der Waals surface area contributed by atoms with Crippen LogP contribution in [0.4, 0.5) is 0 Å². The first-order valence-corrected chi connectivity index (χ1v) is 2.15. The molecule has 0 fully saturated rings. The van der Waals surface area contributed by atoms with E-state index < -0.39 is 0 Å². The van der Waals surface area contributed by atoms with Gasteiger partial charge in [-0.3, -0.25) is 0 Å². The average Bonchev–Trinajstić information content (AvgIpc) is 1.90. The maximum Gasteiger partial charge on any atom is 0.0308 e. The van der Waals surface area contributed by atoms with E-state index in [9.17, 15) is 0 Å². The van der Waals surface area contributed by atoms with Crippen LogP contribution >= 0.6 is 0 Å². The van der Waals surface area contributed by atoms with Crippen molar-refractivity contribution in [1.82, 2.24) is 4.98 Å². The van der Waals surface area contributed by atoms with Crippen LogP contribution in [0.1, 0.15) is 5.56 Å². The molecule has 0 saturated heterocycles. The van der Waals surface area contributed by atoms with Crippen LogP contribution in [0.25, 0.3) is 0 Å². The number of hydrogen-bond donors (Lipinski definition) is 0. The summed E-state index contributed by atoms with van der Waals surface area (Å²) in [5.74, 6) is 0. The Morgan fingerprint density at radius 1 is 1.67 bits per heavy atom. The fourth-order valence-electron chi connectivity index (χ4n) is 0.385. The Bertz CT molecular complexity index is 202. The summed E-state index contributed by atoms with van der Waals surface area (Å²) in [5, 5.41) is 8.24. The minimum atomic E-state index is 0. The molecule has 3 heteroatoms. The molecular weight excluding hydrogens is 165 g/mol. The van der Waals surface area contributed by atoms with Gasteiger partial charge in [0.25, 0.3) is 0 Å². The molecule has 0 spiro atoms. The van der Waals surface area contributed by atoms with Crippen LogP contribution in [0.5, 0.6) is 0 Å². The molecule has 0 saturated carbocycles. The van der Waals surface area contributed by atoms with E-state index in [1.807, 2.05) is 6.07 Å². The van der Waals surface area contributed by atoms with E-state index in [4.69, 9.17) is 5.26 Å². The van der Waals surface area contributed by atoms with Crippen molar-refractivity contribution in [1.29, 1.82) is 5.26 Å². The Balaban J connectivity index is 0.000000640. The second-order valence-electron chi connectivity index (χ2n) is 1.29. The normalized spacial score (nSPS) is 7.00. The molecule has 0 bridgehead atoms. The van der Waals surface area contributed by atoms with Crippen molar-refractivity contribution in [3.63, 3.8) is 0 Å². The Hall–Kier alpha value is -0.737. The number of hydrogen-bond acceptors (Lipinski definition) is 2. The molecule has 9 heavy (non-hydrogen) atoms. The molecule has 0 unspecified atom stereocenters. The van der Waals surface area contributed by atoms with Crippen LogP contribution in [-0.4, -0.2) is 4.98 Å². The first-order chi connectivity index (χ1) is 3.93. The zero-order valence-electron chi connectivity index (χ0n) is 4.83. The molecule has 0 aliphatic rings. The minimum absolute atomic E-state index is 0. The molecule has 1 aromatic heterocycles. The largest absolute Gasteiger partial charge is 0.394 e. The van der Waals surface area contributed by atoms with Gasteiger partial charge in [0, 0.05) is 25.5 Å². The van der Waals surface area contributed by atoms with Gasteiger partial charge < -0.3 is 4.98 Å². The topological polar surface area (TPSA) is 36.7 Å². The standard InChI is InChI=1S/C6H3N2.Zn/c7-5-6-1-3-8-4-2-6;/h1-3H;/q-1;. The van der Waals surface area contributed by atoms with E-state index in [0.29, 0.717) is 5.56 Å². The van der Waals surface area contributed by atoms with Gasteiger partial charge in [-0.05, 0) is 0 Å². The fourth-order valence-corrected chi connectivity index (χ4v) is 0.385. The molecule has 40 valence electrons. The van der Waals surface area contributed by atoms with Gasteiger partial charge in [0.1, 0.15) is 0 Å². The van der Waals surface area contributed by atoms with Gasteiger partial charge in [0.05, 0.1) is 0 Å². The van der Waals surface area contributed by atoms with Crippen LogP contribution in [0.3, 0.4) is 0 Å². The van der Waals surface area contributed by atoms with Gasteiger partial charge in [-0.25, -0.2) is 5.26 Å². The number of pyridine rings is 1. The smallest absolute Gasteiger partial charge is 0.0308 e. The monoisotopic (exact) mass is 167 g/mol. The van der Waals surface area contributed by atoms with Crippen LogP contribution in [-0.2, 0) is 19.5 Å². The summed E-state index contributed by atoms with van der Waals surface area (Å²) >= 11 is 0. The molecule has 2 nitrogen and oxygen atoms in total. The van der Waals surface area contributed by atoms with Crippen molar-refractivity contribution in [2.24, 2.45) is 0 Å². The minimum Gasteiger partial charge on any atom is -0.394 e. The number of aromatic nitrogens is 1. The summed E-state index contributed by atoms with van der Waals surface area (Å²) in [6.45, 7) is 0. The second kappa shape index (κ2) is 4.17. The summed E-state index contributed by atoms with van der Waals surface area (Å²) in [6, 6.07) is 5.13. The maximum absolute atomic E-state index is 8.24. The van der Waals surface area contributed by atoms with E-state index in [2.05, 4.69) is 11.2 Å². The van der Waals surface area contributed by atoms with Gasteiger partial charge in [-0.15, -0.1) is 12.1 Å². The van der Waals surface area contributed by atoms with E-state index in [-0.39, 0.29) is 19.5 Å². The summed E-state index contributed by atoms with van der Waals surface area (Å²) < 4.78 is 0.